The van der Waals surface area contributed by atoms with Crippen molar-refractivity contribution in [3.63, 3.8) is 0 Å². The van der Waals surface area contributed by atoms with E-state index in [1.807, 2.05) is 37.2 Å². The minimum Gasteiger partial charge on any atom is -0.378 e. The number of halogens is 2. The van der Waals surface area contributed by atoms with Gasteiger partial charge in [-0.3, -0.25) is 0 Å². The van der Waals surface area contributed by atoms with Crippen LogP contribution in [0, 0.1) is 5.82 Å². The number of morpholine rings is 1. The predicted molar refractivity (Wildman–Crippen MR) is 125 cm³/mol. The minimum absolute atomic E-state index is 0. The maximum Gasteiger partial charge on any atom is 0.194 e. The number of hydrogen-bond donors (Lipinski definition) is 1. The molecule has 3 rings (SSSR count). The highest BCUT2D eigenvalue weighted by Gasteiger charge is 2.16. The first-order valence-corrected chi connectivity index (χ1v) is 9.68. The molecule has 1 saturated heterocycles. The van der Waals surface area contributed by atoms with Crippen molar-refractivity contribution in [1.82, 2.24) is 15.2 Å². The molecule has 1 fully saturated rings. The number of aliphatic imine (C=N–C) groups is 1. The van der Waals surface area contributed by atoms with E-state index in [-0.39, 0.29) is 29.8 Å². The van der Waals surface area contributed by atoms with Crippen LogP contribution in [0.25, 0.3) is 0 Å². The molecule has 0 saturated carbocycles. The second-order valence-corrected chi connectivity index (χ2v) is 6.74. The third-order valence-corrected chi connectivity index (χ3v) is 4.58. The Kier molecular flexibility index (Phi) is 9.59. The van der Waals surface area contributed by atoms with E-state index in [1.165, 1.54) is 6.07 Å². The molecule has 1 aliphatic rings. The van der Waals surface area contributed by atoms with Crippen molar-refractivity contribution >= 4 is 35.8 Å². The molecule has 8 heteroatoms. The number of guanidine groups is 1. The summed E-state index contributed by atoms with van der Waals surface area (Å²) in [7, 11) is 1.96. The normalized spacial score (nSPS) is 14.3. The zero-order valence-corrected chi connectivity index (χ0v) is 19.3. The Morgan fingerprint density at radius 1 is 1.28 bits per heavy atom. The van der Waals surface area contributed by atoms with E-state index >= 15 is 0 Å². The molecule has 6 nitrogen and oxygen atoms in total. The lowest BCUT2D eigenvalue weighted by molar-refractivity contribution is 0.122. The van der Waals surface area contributed by atoms with Crippen LogP contribution >= 0.6 is 24.0 Å². The predicted octanol–water partition coefficient (Wildman–Crippen LogP) is 3.27. The van der Waals surface area contributed by atoms with Crippen molar-refractivity contribution in [2.24, 2.45) is 4.99 Å². The van der Waals surface area contributed by atoms with Crippen LogP contribution in [0.15, 0.2) is 47.6 Å². The van der Waals surface area contributed by atoms with Gasteiger partial charge in [-0.05, 0) is 30.7 Å². The van der Waals surface area contributed by atoms with Gasteiger partial charge in [0.1, 0.15) is 11.6 Å². The zero-order valence-electron chi connectivity index (χ0n) is 17.0. The fraction of sp³-hybridized carbons (Fsp3) is 0.429. The number of ether oxygens (including phenoxy) is 1. The number of anilines is 1. The van der Waals surface area contributed by atoms with Gasteiger partial charge in [-0.25, -0.2) is 14.4 Å². The SMILES string of the molecule is CCNC(=NCc1cccnc1N1CCOCC1)N(C)Cc1cccc(F)c1.I. The summed E-state index contributed by atoms with van der Waals surface area (Å²) in [5.74, 6) is 1.53. The van der Waals surface area contributed by atoms with Crippen LogP contribution in [0.4, 0.5) is 10.2 Å². The number of nitrogens with one attached hydrogen (secondary N) is 1. The second-order valence-electron chi connectivity index (χ2n) is 6.74. The smallest absolute Gasteiger partial charge is 0.194 e. The van der Waals surface area contributed by atoms with E-state index in [9.17, 15) is 4.39 Å². The third-order valence-electron chi connectivity index (χ3n) is 4.58. The molecule has 0 bridgehead atoms. The van der Waals surface area contributed by atoms with Crippen LogP contribution in [0.5, 0.6) is 0 Å². The summed E-state index contributed by atoms with van der Waals surface area (Å²) in [4.78, 5) is 13.6. The van der Waals surface area contributed by atoms with Crippen LogP contribution in [-0.2, 0) is 17.8 Å². The van der Waals surface area contributed by atoms with Crippen molar-refractivity contribution in [2.45, 2.75) is 20.0 Å². The first-order valence-electron chi connectivity index (χ1n) is 9.68. The molecule has 1 aromatic heterocycles. The molecular formula is C21H29FIN5O. The molecule has 158 valence electrons. The summed E-state index contributed by atoms with van der Waals surface area (Å²) in [5, 5.41) is 3.31. The topological polar surface area (TPSA) is 53.0 Å². The molecule has 0 aliphatic carbocycles. The highest BCUT2D eigenvalue weighted by molar-refractivity contribution is 14.0. The highest BCUT2D eigenvalue weighted by Crippen LogP contribution is 2.19. The molecule has 1 aromatic carbocycles. The van der Waals surface area contributed by atoms with Crippen LogP contribution in [0.3, 0.4) is 0 Å². The number of hydrogen-bond acceptors (Lipinski definition) is 4. The van der Waals surface area contributed by atoms with Crippen molar-refractivity contribution in [1.29, 1.82) is 0 Å². The quantitative estimate of drug-likeness (QED) is 0.365. The van der Waals surface area contributed by atoms with E-state index in [0.717, 1.165) is 55.8 Å². The number of nitrogens with zero attached hydrogens (tertiary/aromatic N) is 4. The lowest BCUT2D eigenvalue weighted by Crippen LogP contribution is -2.39. The average Bonchev–Trinajstić information content (AvgIpc) is 2.72. The standard InChI is InChI=1S/C21H28FN5O.HI/c1-3-23-21(26(2)16-17-6-4-8-19(22)14-17)25-15-18-7-5-9-24-20(18)27-10-12-28-13-11-27;/h4-9,14H,3,10-13,15-16H2,1-2H3,(H,23,25);1H. The first-order chi connectivity index (χ1) is 13.7. The lowest BCUT2D eigenvalue weighted by Gasteiger charge is -2.29. The van der Waals surface area contributed by atoms with E-state index in [1.54, 1.807) is 12.1 Å². The Balaban J connectivity index is 0.00000300. The Labute approximate surface area is 189 Å². The van der Waals surface area contributed by atoms with E-state index in [4.69, 9.17) is 9.73 Å². The fourth-order valence-corrected chi connectivity index (χ4v) is 3.23. The maximum atomic E-state index is 13.5. The van der Waals surface area contributed by atoms with Crippen LogP contribution < -0.4 is 10.2 Å². The Bertz CT molecular complexity index is 798. The molecule has 0 spiro atoms. The lowest BCUT2D eigenvalue weighted by atomic mass is 10.2. The first kappa shape index (κ1) is 23.3. The summed E-state index contributed by atoms with van der Waals surface area (Å²) in [5.41, 5.74) is 1.99. The Hall–Kier alpha value is -1.94. The van der Waals surface area contributed by atoms with Gasteiger partial charge < -0.3 is 19.9 Å². The van der Waals surface area contributed by atoms with Crippen molar-refractivity contribution in [3.05, 3.63) is 59.5 Å². The Morgan fingerprint density at radius 3 is 2.79 bits per heavy atom. The van der Waals surface area contributed by atoms with Gasteiger partial charge >= 0.3 is 0 Å². The van der Waals surface area contributed by atoms with E-state index < -0.39 is 0 Å². The molecular weight excluding hydrogens is 484 g/mol. The molecule has 1 N–H and O–H groups in total. The Morgan fingerprint density at radius 2 is 2.07 bits per heavy atom. The van der Waals surface area contributed by atoms with Crippen molar-refractivity contribution < 1.29 is 9.13 Å². The number of aromatic nitrogens is 1. The summed E-state index contributed by atoms with van der Waals surface area (Å²) < 4.78 is 18.9. The second kappa shape index (κ2) is 11.9. The minimum atomic E-state index is -0.224. The highest BCUT2D eigenvalue weighted by atomic mass is 127. The van der Waals surface area contributed by atoms with Gasteiger partial charge in [0.25, 0.3) is 0 Å². The summed E-state index contributed by atoms with van der Waals surface area (Å²) in [6.45, 7) is 7.02. The molecule has 2 heterocycles. The molecule has 0 amide bonds. The van der Waals surface area contributed by atoms with Gasteiger partial charge in [0.05, 0.1) is 19.8 Å². The van der Waals surface area contributed by atoms with E-state index in [2.05, 4.69) is 21.3 Å². The van der Waals surface area contributed by atoms with Crippen LogP contribution in [-0.4, -0.2) is 55.7 Å². The molecule has 2 aromatic rings. The maximum absolute atomic E-state index is 13.5. The van der Waals surface area contributed by atoms with Crippen LogP contribution in [0.1, 0.15) is 18.1 Å². The molecule has 0 radical (unpaired) electrons. The number of benzene rings is 1. The number of rotatable bonds is 6. The van der Waals surface area contributed by atoms with Crippen LogP contribution in [0.2, 0.25) is 0 Å². The van der Waals surface area contributed by atoms with Gasteiger partial charge in [0.2, 0.25) is 0 Å². The summed E-state index contributed by atoms with van der Waals surface area (Å²) in [6.07, 6.45) is 1.82. The number of pyridine rings is 1. The monoisotopic (exact) mass is 513 g/mol. The zero-order chi connectivity index (χ0) is 19.8. The van der Waals surface area contributed by atoms with Gasteiger partial charge in [0, 0.05) is 45.0 Å². The third kappa shape index (κ3) is 6.81. The van der Waals surface area contributed by atoms with E-state index in [0.29, 0.717) is 13.1 Å². The molecule has 0 atom stereocenters. The van der Waals surface area contributed by atoms with Gasteiger partial charge in [-0.1, -0.05) is 18.2 Å². The largest absolute Gasteiger partial charge is 0.378 e. The average molecular weight is 513 g/mol. The summed E-state index contributed by atoms with van der Waals surface area (Å²) in [6, 6.07) is 10.7. The van der Waals surface area contributed by atoms with Crippen molar-refractivity contribution in [2.75, 3.05) is 44.8 Å². The van der Waals surface area contributed by atoms with Gasteiger partial charge in [0.15, 0.2) is 5.96 Å². The van der Waals surface area contributed by atoms with Crippen molar-refractivity contribution in [3.8, 4) is 0 Å². The fourth-order valence-electron chi connectivity index (χ4n) is 3.23. The van der Waals surface area contributed by atoms with Gasteiger partial charge in [-0.15, -0.1) is 24.0 Å². The summed E-state index contributed by atoms with van der Waals surface area (Å²) >= 11 is 0. The van der Waals surface area contributed by atoms with Gasteiger partial charge in [-0.2, -0.15) is 0 Å². The molecule has 29 heavy (non-hydrogen) atoms. The molecule has 0 unspecified atom stereocenters. The molecule has 1 aliphatic heterocycles.